The minimum Gasteiger partial charge on any atom is -0.394 e. The summed E-state index contributed by atoms with van der Waals surface area (Å²) in [5, 5.41) is 16.9. The zero-order valence-electron chi connectivity index (χ0n) is 16.7. The molecule has 2 aromatic rings. The average molecular weight is 449 g/mol. The molecular weight excluding hydrogens is 420 g/mol. The topological polar surface area (TPSA) is 149 Å². The second kappa shape index (κ2) is 12.0. The Morgan fingerprint density at radius 3 is 1.14 bits per heavy atom. The van der Waals surface area contributed by atoms with Gasteiger partial charge in [-0.1, -0.05) is 49.2 Å². The first-order chi connectivity index (χ1) is 13.2. The summed E-state index contributed by atoms with van der Waals surface area (Å²) < 4.78 is 59.1. The van der Waals surface area contributed by atoms with E-state index < -0.39 is 26.3 Å². The van der Waals surface area contributed by atoms with E-state index in [0.717, 1.165) is 11.1 Å². The third kappa shape index (κ3) is 11.7. The van der Waals surface area contributed by atoms with E-state index >= 15 is 0 Å². The first kappa shape index (κ1) is 27.2. The number of aliphatic hydroxyl groups excluding tert-OH is 2. The summed E-state index contributed by atoms with van der Waals surface area (Å²) in [6.07, 6.45) is -0.542. The van der Waals surface area contributed by atoms with Crippen molar-refractivity contribution in [1.82, 2.24) is 0 Å². The van der Waals surface area contributed by atoms with Gasteiger partial charge in [-0.2, -0.15) is 16.8 Å². The van der Waals surface area contributed by atoms with Crippen LogP contribution in [0, 0.1) is 19.8 Å². The van der Waals surface area contributed by atoms with Gasteiger partial charge < -0.3 is 10.2 Å². The first-order valence-electron chi connectivity index (χ1n) is 8.55. The van der Waals surface area contributed by atoms with Gasteiger partial charge in [0.1, 0.15) is 0 Å². The van der Waals surface area contributed by atoms with E-state index in [1.54, 1.807) is 24.3 Å². The molecular formula is C19H28O8S2. The Kier molecular flexibility index (Phi) is 11.3. The Labute approximate surface area is 172 Å². The minimum absolute atomic E-state index is 0.0666. The molecule has 164 valence electrons. The summed E-state index contributed by atoms with van der Waals surface area (Å²) in [5.74, 6) is 0.171. The second-order valence-electron chi connectivity index (χ2n) is 6.57. The van der Waals surface area contributed by atoms with Crippen molar-refractivity contribution in [1.29, 1.82) is 0 Å². The molecule has 0 fully saturated rings. The first-order valence-corrected chi connectivity index (χ1v) is 11.4. The van der Waals surface area contributed by atoms with Crippen molar-refractivity contribution in [3.05, 3.63) is 59.7 Å². The van der Waals surface area contributed by atoms with E-state index in [4.69, 9.17) is 19.3 Å². The van der Waals surface area contributed by atoms with Gasteiger partial charge in [0.2, 0.25) is 0 Å². The lowest BCUT2D eigenvalue weighted by atomic mass is 10.1. The van der Waals surface area contributed by atoms with E-state index in [9.17, 15) is 16.8 Å². The van der Waals surface area contributed by atoms with Crippen LogP contribution in [0.15, 0.2) is 58.3 Å². The SMILES string of the molecule is CC(C)[C@H](O)CO.Cc1ccc(S(=O)(=O)O)cc1.Cc1ccc(S(=O)(=O)O)cc1. The van der Waals surface area contributed by atoms with Crippen LogP contribution in [-0.4, -0.2) is 48.9 Å². The third-order valence-electron chi connectivity index (χ3n) is 3.59. The lowest BCUT2D eigenvalue weighted by molar-refractivity contribution is 0.0597. The maximum absolute atomic E-state index is 10.5. The standard InChI is InChI=1S/2C7H8O3S.C5H12O2/c2*1-6-2-4-7(5-3-6)11(8,9)10;1-4(2)5(7)3-6/h2*2-5H,1H3,(H,8,9,10);4-7H,3H2,1-2H3/t;;5-/m..1/s1. The van der Waals surface area contributed by atoms with Gasteiger partial charge in [0.05, 0.1) is 22.5 Å². The van der Waals surface area contributed by atoms with Gasteiger partial charge in [-0.3, -0.25) is 9.11 Å². The number of hydrogen-bond acceptors (Lipinski definition) is 6. The average Bonchev–Trinajstić information content (AvgIpc) is 2.61. The Morgan fingerprint density at radius 2 is 1.00 bits per heavy atom. The van der Waals surface area contributed by atoms with E-state index in [2.05, 4.69) is 0 Å². The summed E-state index contributed by atoms with van der Waals surface area (Å²) in [7, 11) is -8.04. The van der Waals surface area contributed by atoms with Gasteiger partial charge in [0.15, 0.2) is 0 Å². The van der Waals surface area contributed by atoms with Crippen LogP contribution in [0.1, 0.15) is 25.0 Å². The zero-order chi connectivity index (χ0) is 22.8. The van der Waals surface area contributed by atoms with Crippen LogP contribution >= 0.6 is 0 Å². The fourth-order valence-electron chi connectivity index (χ4n) is 1.63. The third-order valence-corrected chi connectivity index (χ3v) is 5.33. The Balaban J connectivity index is 0.000000419. The minimum atomic E-state index is -4.02. The molecule has 29 heavy (non-hydrogen) atoms. The molecule has 0 amide bonds. The van der Waals surface area contributed by atoms with Crippen molar-refractivity contribution < 1.29 is 36.2 Å². The highest BCUT2D eigenvalue weighted by molar-refractivity contribution is 7.86. The number of aliphatic hydroxyl groups is 2. The van der Waals surface area contributed by atoms with Crippen molar-refractivity contribution in [3.63, 3.8) is 0 Å². The summed E-state index contributed by atoms with van der Waals surface area (Å²) >= 11 is 0. The molecule has 2 rings (SSSR count). The lowest BCUT2D eigenvalue weighted by Crippen LogP contribution is -2.18. The highest BCUT2D eigenvalue weighted by atomic mass is 32.2. The monoisotopic (exact) mass is 448 g/mol. The molecule has 4 N–H and O–H groups in total. The van der Waals surface area contributed by atoms with Crippen molar-refractivity contribution >= 4 is 20.2 Å². The van der Waals surface area contributed by atoms with Crippen LogP contribution in [0.2, 0.25) is 0 Å². The molecule has 10 heteroatoms. The molecule has 0 aliphatic rings. The zero-order valence-corrected chi connectivity index (χ0v) is 18.4. The molecule has 0 aromatic heterocycles. The van der Waals surface area contributed by atoms with Crippen molar-refractivity contribution in [2.24, 2.45) is 5.92 Å². The molecule has 0 aliphatic heterocycles. The summed E-state index contributed by atoms with van der Waals surface area (Å²) in [5.41, 5.74) is 1.91. The maximum atomic E-state index is 10.5. The molecule has 0 bridgehead atoms. The molecule has 2 aromatic carbocycles. The van der Waals surface area contributed by atoms with Gasteiger partial charge in [-0.25, -0.2) is 0 Å². The van der Waals surface area contributed by atoms with Crippen LogP contribution in [0.3, 0.4) is 0 Å². The van der Waals surface area contributed by atoms with Crippen LogP contribution in [0.25, 0.3) is 0 Å². The highest BCUT2D eigenvalue weighted by Crippen LogP contribution is 2.09. The van der Waals surface area contributed by atoms with Crippen LogP contribution in [0.4, 0.5) is 0 Å². The number of hydrogen-bond donors (Lipinski definition) is 4. The normalized spacial score (nSPS) is 12.3. The molecule has 0 aliphatic carbocycles. The Bertz CT molecular complexity index is 859. The molecule has 0 spiro atoms. The number of benzene rings is 2. The molecule has 0 saturated heterocycles. The second-order valence-corrected chi connectivity index (χ2v) is 9.41. The summed E-state index contributed by atoms with van der Waals surface area (Å²) in [4.78, 5) is -0.133. The van der Waals surface area contributed by atoms with Crippen LogP contribution in [0.5, 0.6) is 0 Å². The van der Waals surface area contributed by atoms with Crippen LogP contribution < -0.4 is 0 Å². The van der Waals surface area contributed by atoms with Gasteiger partial charge in [-0.05, 0) is 44.0 Å². The van der Waals surface area contributed by atoms with Gasteiger partial charge in [-0.15, -0.1) is 0 Å². The quantitative estimate of drug-likeness (QED) is 0.521. The molecule has 0 unspecified atom stereocenters. The fraction of sp³-hybridized carbons (Fsp3) is 0.368. The van der Waals surface area contributed by atoms with Crippen molar-refractivity contribution in [2.45, 2.75) is 43.6 Å². The smallest absolute Gasteiger partial charge is 0.294 e. The summed E-state index contributed by atoms with van der Waals surface area (Å²) in [6, 6.07) is 12.0. The molecule has 1 atom stereocenters. The van der Waals surface area contributed by atoms with E-state index in [-0.39, 0.29) is 22.3 Å². The molecule has 0 radical (unpaired) electrons. The Hall–Kier alpha value is -1.82. The lowest BCUT2D eigenvalue weighted by Gasteiger charge is -2.08. The summed E-state index contributed by atoms with van der Waals surface area (Å²) in [6.45, 7) is 7.28. The van der Waals surface area contributed by atoms with Crippen molar-refractivity contribution in [3.8, 4) is 0 Å². The predicted octanol–water partition coefficient (Wildman–Crippen LogP) is 2.48. The number of rotatable bonds is 4. The van der Waals surface area contributed by atoms with Gasteiger partial charge in [0, 0.05) is 0 Å². The Morgan fingerprint density at radius 1 is 0.724 bits per heavy atom. The van der Waals surface area contributed by atoms with E-state index in [1.807, 2.05) is 27.7 Å². The molecule has 0 saturated carbocycles. The largest absolute Gasteiger partial charge is 0.394 e. The van der Waals surface area contributed by atoms with E-state index in [0.29, 0.717) is 0 Å². The predicted molar refractivity (Wildman–Crippen MR) is 110 cm³/mol. The van der Waals surface area contributed by atoms with Crippen LogP contribution in [-0.2, 0) is 20.2 Å². The maximum Gasteiger partial charge on any atom is 0.294 e. The van der Waals surface area contributed by atoms with E-state index in [1.165, 1.54) is 24.3 Å². The van der Waals surface area contributed by atoms with Gasteiger partial charge >= 0.3 is 0 Å². The van der Waals surface area contributed by atoms with Gasteiger partial charge in [0.25, 0.3) is 20.2 Å². The molecule has 0 heterocycles. The molecule has 8 nitrogen and oxygen atoms in total. The highest BCUT2D eigenvalue weighted by Gasteiger charge is 2.07. The fourth-order valence-corrected chi connectivity index (χ4v) is 2.59. The number of aryl methyl sites for hydroxylation is 2. The van der Waals surface area contributed by atoms with Crippen molar-refractivity contribution in [2.75, 3.05) is 6.61 Å².